The Morgan fingerprint density at radius 3 is 2.00 bits per heavy atom. The number of nitrogens with zero attached hydrogens (tertiary/aromatic N) is 2. The molecule has 4 rings (SSSR count). The maximum Gasteiger partial charge on any atom is 0.251 e. The van der Waals surface area contributed by atoms with Gasteiger partial charge >= 0.3 is 0 Å². The van der Waals surface area contributed by atoms with E-state index in [2.05, 4.69) is 0 Å². The summed E-state index contributed by atoms with van der Waals surface area (Å²) >= 11 is 11.8. The van der Waals surface area contributed by atoms with Gasteiger partial charge in [0.1, 0.15) is 0 Å². The summed E-state index contributed by atoms with van der Waals surface area (Å²) in [6.45, 7) is 1.08. The lowest BCUT2D eigenvalue weighted by molar-refractivity contribution is -0.124. The van der Waals surface area contributed by atoms with Crippen LogP contribution in [0.2, 0.25) is 10.0 Å². The molecule has 0 aromatic heterocycles. The van der Waals surface area contributed by atoms with Gasteiger partial charge in [-0.25, -0.2) is 4.90 Å². The highest BCUT2D eigenvalue weighted by molar-refractivity contribution is 6.31. The third kappa shape index (κ3) is 3.55. The molecule has 2 amide bonds. The van der Waals surface area contributed by atoms with E-state index in [1.165, 1.54) is 4.90 Å². The van der Waals surface area contributed by atoms with Crippen molar-refractivity contribution in [1.29, 1.82) is 0 Å². The van der Waals surface area contributed by atoms with E-state index < -0.39 is 11.6 Å². The van der Waals surface area contributed by atoms with E-state index in [4.69, 9.17) is 23.2 Å². The quantitative estimate of drug-likeness (QED) is 0.773. The third-order valence-electron chi connectivity index (χ3n) is 5.66. The summed E-state index contributed by atoms with van der Waals surface area (Å²) in [6, 6.07) is 13.4. The van der Waals surface area contributed by atoms with Crippen molar-refractivity contribution in [3.63, 3.8) is 0 Å². The van der Waals surface area contributed by atoms with Crippen LogP contribution in [0.4, 0.5) is 5.69 Å². The molecule has 2 saturated heterocycles. The molecule has 0 radical (unpaired) electrons. The number of benzene rings is 2. The van der Waals surface area contributed by atoms with Crippen LogP contribution in [-0.2, 0) is 15.2 Å². The van der Waals surface area contributed by atoms with Crippen molar-refractivity contribution < 1.29 is 14.7 Å². The first-order chi connectivity index (χ1) is 13.4. The Kier molecular flexibility index (Phi) is 5.19. The van der Waals surface area contributed by atoms with Gasteiger partial charge in [-0.15, -0.1) is 0 Å². The number of hydrogen-bond acceptors (Lipinski definition) is 4. The molecule has 7 heteroatoms. The van der Waals surface area contributed by atoms with Crippen LogP contribution < -0.4 is 4.90 Å². The van der Waals surface area contributed by atoms with Crippen molar-refractivity contribution in [1.82, 2.24) is 4.90 Å². The Morgan fingerprint density at radius 2 is 1.43 bits per heavy atom. The van der Waals surface area contributed by atoms with Crippen molar-refractivity contribution in [3.8, 4) is 0 Å². The van der Waals surface area contributed by atoms with Gasteiger partial charge in [-0.2, -0.15) is 0 Å². The zero-order valence-electron chi connectivity index (χ0n) is 15.1. The van der Waals surface area contributed by atoms with Gasteiger partial charge in [0.25, 0.3) is 5.91 Å². The molecule has 2 aliphatic heterocycles. The largest absolute Gasteiger partial charge is 0.385 e. The van der Waals surface area contributed by atoms with Crippen LogP contribution in [0.1, 0.15) is 24.8 Å². The lowest BCUT2D eigenvalue weighted by atomic mass is 9.84. The predicted molar refractivity (Wildman–Crippen MR) is 109 cm³/mol. The van der Waals surface area contributed by atoms with Gasteiger partial charge in [0.15, 0.2) is 0 Å². The van der Waals surface area contributed by atoms with E-state index in [1.807, 2.05) is 17.0 Å². The number of carbonyl (C=O) groups is 2. The highest BCUT2D eigenvalue weighted by atomic mass is 35.5. The van der Waals surface area contributed by atoms with Crippen LogP contribution >= 0.6 is 23.2 Å². The zero-order chi connectivity index (χ0) is 19.9. The molecule has 2 aromatic rings. The number of anilines is 1. The Morgan fingerprint density at radius 1 is 0.893 bits per heavy atom. The van der Waals surface area contributed by atoms with Gasteiger partial charge in [-0.05, 0) is 54.8 Å². The van der Waals surface area contributed by atoms with Crippen LogP contribution in [0.5, 0.6) is 0 Å². The Labute approximate surface area is 173 Å². The van der Waals surface area contributed by atoms with E-state index in [9.17, 15) is 14.7 Å². The summed E-state index contributed by atoms with van der Waals surface area (Å²) in [6.07, 6.45) is 1.14. The Hall–Kier alpha value is -1.92. The van der Waals surface area contributed by atoms with Crippen molar-refractivity contribution in [2.24, 2.45) is 0 Å². The smallest absolute Gasteiger partial charge is 0.251 e. The molecule has 2 aliphatic rings. The van der Waals surface area contributed by atoms with Crippen molar-refractivity contribution in [2.45, 2.75) is 30.9 Å². The highest BCUT2D eigenvalue weighted by Gasteiger charge is 2.45. The lowest BCUT2D eigenvalue weighted by Crippen LogP contribution is -2.49. The van der Waals surface area contributed by atoms with Crippen LogP contribution in [0.15, 0.2) is 48.5 Å². The summed E-state index contributed by atoms with van der Waals surface area (Å²) in [4.78, 5) is 28.6. The van der Waals surface area contributed by atoms with E-state index in [-0.39, 0.29) is 18.2 Å². The number of amides is 2. The van der Waals surface area contributed by atoms with Crippen molar-refractivity contribution in [2.75, 3.05) is 18.0 Å². The van der Waals surface area contributed by atoms with Crippen LogP contribution in [0, 0.1) is 0 Å². The zero-order valence-corrected chi connectivity index (χ0v) is 16.7. The minimum atomic E-state index is -0.942. The minimum Gasteiger partial charge on any atom is -0.385 e. The van der Waals surface area contributed by atoms with E-state index in [0.717, 1.165) is 5.56 Å². The second kappa shape index (κ2) is 7.48. The number of halogens is 2. The maximum atomic E-state index is 12.9. The Bertz CT molecular complexity index is 891. The fourth-order valence-corrected chi connectivity index (χ4v) is 4.27. The average molecular weight is 419 g/mol. The van der Waals surface area contributed by atoms with Crippen LogP contribution in [-0.4, -0.2) is 41.0 Å². The van der Waals surface area contributed by atoms with Crippen molar-refractivity contribution in [3.05, 3.63) is 64.1 Å². The maximum absolute atomic E-state index is 12.9. The highest BCUT2D eigenvalue weighted by Crippen LogP contribution is 2.36. The fraction of sp³-hybridized carbons (Fsp3) is 0.333. The first-order valence-corrected chi connectivity index (χ1v) is 9.98. The minimum absolute atomic E-state index is 0.154. The van der Waals surface area contributed by atoms with Gasteiger partial charge in [0.2, 0.25) is 5.91 Å². The van der Waals surface area contributed by atoms with Crippen LogP contribution in [0.25, 0.3) is 0 Å². The summed E-state index contributed by atoms with van der Waals surface area (Å²) < 4.78 is 0. The second-order valence-corrected chi connectivity index (χ2v) is 8.21. The van der Waals surface area contributed by atoms with Crippen molar-refractivity contribution >= 4 is 40.7 Å². The molecular weight excluding hydrogens is 399 g/mol. The molecule has 0 aliphatic carbocycles. The number of imide groups is 1. The topological polar surface area (TPSA) is 60.9 Å². The molecule has 28 heavy (non-hydrogen) atoms. The molecule has 0 saturated carbocycles. The predicted octanol–water partition coefficient (Wildman–Crippen LogP) is 3.61. The molecule has 0 bridgehead atoms. The molecule has 1 atom stereocenters. The van der Waals surface area contributed by atoms with E-state index >= 15 is 0 Å². The Balaban J connectivity index is 1.46. The third-order valence-corrected chi connectivity index (χ3v) is 6.16. The van der Waals surface area contributed by atoms with Gasteiger partial charge in [-0.1, -0.05) is 35.3 Å². The second-order valence-electron chi connectivity index (χ2n) is 7.34. The molecule has 1 N–H and O–H groups in total. The molecule has 2 fully saturated rings. The fourth-order valence-electron chi connectivity index (χ4n) is 4.02. The number of rotatable bonds is 3. The number of likely N-dealkylation sites (tertiary alicyclic amines) is 1. The number of carbonyl (C=O) groups excluding carboxylic acids is 2. The van der Waals surface area contributed by atoms with Gasteiger partial charge < -0.3 is 5.11 Å². The van der Waals surface area contributed by atoms with E-state index in [1.54, 1.807) is 36.4 Å². The van der Waals surface area contributed by atoms with E-state index in [0.29, 0.717) is 41.7 Å². The van der Waals surface area contributed by atoms with Gasteiger partial charge in [0, 0.05) is 23.1 Å². The first kappa shape index (κ1) is 19.4. The molecule has 2 heterocycles. The number of aliphatic hydroxyl groups is 1. The lowest BCUT2D eigenvalue weighted by Gasteiger charge is -2.40. The number of hydrogen-bond donors (Lipinski definition) is 1. The molecular formula is C21H20Cl2N2O3. The molecule has 2 aromatic carbocycles. The molecule has 0 unspecified atom stereocenters. The summed E-state index contributed by atoms with van der Waals surface area (Å²) in [5.74, 6) is -0.430. The average Bonchev–Trinajstić information content (AvgIpc) is 2.98. The monoisotopic (exact) mass is 418 g/mol. The molecule has 0 spiro atoms. The van der Waals surface area contributed by atoms with Gasteiger partial charge in [-0.3, -0.25) is 14.5 Å². The summed E-state index contributed by atoms with van der Waals surface area (Å²) in [5.41, 5.74) is 0.424. The van der Waals surface area contributed by atoms with Crippen LogP contribution in [0.3, 0.4) is 0 Å². The number of piperidine rings is 1. The normalized spacial score (nSPS) is 22.7. The standard InChI is InChI=1S/C21H20Cl2N2O3/c22-15-3-1-14(2-4-15)21(28)9-11-24(12-10-21)18-13-19(26)25(20(18)27)17-7-5-16(23)6-8-17/h1-8,18,28H,9-13H2/t18-/m0/s1. The summed E-state index contributed by atoms with van der Waals surface area (Å²) in [7, 11) is 0. The SMILES string of the molecule is O=C1C[C@H](N2CCC(O)(c3ccc(Cl)cc3)CC2)C(=O)N1c1ccc(Cl)cc1. The molecule has 5 nitrogen and oxygen atoms in total. The summed E-state index contributed by atoms with van der Waals surface area (Å²) in [5, 5.41) is 12.2. The molecule has 146 valence electrons. The first-order valence-electron chi connectivity index (χ1n) is 9.22. The van der Waals surface area contributed by atoms with Gasteiger partial charge in [0.05, 0.1) is 23.8 Å².